The van der Waals surface area contributed by atoms with Gasteiger partial charge in [0.2, 0.25) is 6.29 Å². The fraction of sp³-hybridized carbons (Fsp3) is 1.00. The zero-order valence-electron chi connectivity index (χ0n) is 11.9. The molecular weight excluding hydrogens is 266 g/mol. The molecule has 1 saturated heterocycles. The van der Waals surface area contributed by atoms with Crippen LogP contribution in [0.1, 0.15) is 39.0 Å². The van der Waals surface area contributed by atoms with Crippen molar-refractivity contribution in [3.8, 4) is 0 Å². The van der Waals surface area contributed by atoms with Crippen LogP contribution in [0.2, 0.25) is 0 Å². The number of hydroxylamine groups is 1. The minimum atomic E-state index is -1.28. The Morgan fingerprint density at radius 1 is 1.15 bits per heavy atom. The van der Waals surface area contributed by atoms with Gasteiger partial charge >= 0.3 is 0 Å². The van der Waals surface area contributed by atoms with Crippen molar-refractivity contribution in [2.75, 3.05) is 13.2 Å². The van der Waals surface area contributed by atoms with Crippen molar-refractivity contribution in [1.82, 2.24) is 5.48 Å². The average Bonchev–Trinajstić information content (AvgIpc) is 2.74. The third-order valence-corrected chi connectivity index (χ3v) is 3.40. The minimum absolute atomic E-state index is 0.550. The van der Waals surface area contributed by atoms with Crippen LogP contribution in [0.5, 0.6) is 0 Å². The van der Waals surface area contributed by atoms with Gasteiger partial charge in [-0.2, -0.15) is 5.48 Å². The van der Waals surface area contributed by atoms with Crippen LogP contribution in [-0.4, -0.2) is 64.3 Å². The lowest BCUT2D eigenvalue weighted by Crippen LogP contribution is -2.40. The maximum atomic E-state index is 9.71. The second-order valence-corrected chi connectivity index (χ2v) is 5.13. The molecule has 0 spiro atoms. The highest BCUT2D eigenvalue weighted by Crippen LogP contribution is 2.23. The van der Waals surface area contributed by atoms with Crippen LogP contribution in [0.25, 0.3) is 0 Å². The van der Waals surface area contributed by atoms with Crippen molar-refractivity contribution in [1.29, 1.82) is 0 Å². The van der Waals surface area contributed by atoms with E-state index in [2.05, 4.69) is 12.4 Å². The standard InChI is InChI=1S/C13H27NO6/c1-2-3-4-5-6-7-14-20-13-11(18)10(17)12(19-13)9(16)8-15/h9-18H,2-8H2,1H3/t9-,10+,11-,12+,13+/m0/s1. The Labute approximate surface area is 119 Å². The van der Waals surface area contributed by atoms with E-state index >= 15 is 0 Å². The monoisotopic (exact) mass is 293 g/mol. The van der Waals surface area contributed by atoms with Crippen molar-refractivity contribution in [2.45, 2.75) is 69.7 Å². The molecule has 0 unspecified atom stereocenters. The molecule has 5 atom stereocenters. The third-order valence-electron chi connectivity index (χ3n) is 3.40. The van der Waals surface area contributed by atoms with E-state index in [1.54, 1.807) is 0 Å². The van der Waals surface area contributed by atoms with Gasteiger partial charge < -0.3 is 25.2 Å². The Morgan fingerprint density at radius 3 is 2.50 bits per heavy atom. The Morgan fingerprint density at radius 2 is 1.85 bits per heavy atom. The summed E-state index contributed by atoms with van der Waals surface area (Å²) in [5.41, 5.74) is 2.69. The van der Waals surface area contributed by atoms with Gasteiger partial charge in [-0.3, -0.25) is 4.84 Å². The summed E-state index contributed by atoms with van der Waals surface area (Å²) in [6, 6.07) is 0. The molecule has 20 heavy (non-hydrogen) atoms. The first-order valence-electron chi connectivity index (χ1n) is 7.30. The molecule has 1 rings (SSSR count). The van der Waals surface area contributed by atoms with E-state index in [9.17, 15) is 15.3 Å². The molecule has 0 aromatic heterocycles. The Hall–Kier alpha value is -0.280. The van der Waals surface area contributed by atoms with Crippen LogP contribution in [0.4, 0.5) is 0 Å². The summed E-state index contributed by atoms with van der Waals surface area (Å²) in [7, 11) is 0. The second kappa shape index (κ2) is 9.62. The molecule has 1 heterocycles. The summed E-state index contributed by atoms with van der Waals surface area (Å²) >= 11 is 0. The number of hydrogen-bond donors (Lipinski definition) is 5. The van der Waals surface area contributed by atoms with Crippen molar-refractivity contribution >= 4 is 0 Å². The lowest BCUT2D eigenvalue weighted by molar-refractivity contribution is -0.209. The summed E-state index contributed by atoms with van der Waals surface area (Å²) in [4.78, 5) is 5.14. The quantitative estimate of drug-likeness (QED) is 0.267. The van der Waals surface area contributed by atoms with E-state index in [0.717, 1.165) is 12.8 Å². The van der Waals surface area contributed by atoms with E-state index in [0.29, 0.717) is 6.54 Å². The Bertz CT molecular complexity index is 255. The normalized spacial score (nSPS) is 31.6. The molecule has 0 bridgehead atoms. The highest BCUT2D eigenvalue weighted by molar-refractivity contribution is 4.90. The van der Waals surface area contributed by atoms with Gasteiger partial charge in [0.05, 0.1) is 6.61 Å². The summed E-state index contributed by atoms with van der Waals surface area (Å²) in [5.74, 6) is 0. The summed E-state index contributed by atoms with van der Waals surface area (Å²) in [5, 5.41) is 37.6. The number of nitrogens with one attached hydrogen (secondary N) is 1. The zero-order valence-corrected chi connectivity index (χ0v) is 11.9. The summed E-state index contributed by atoms with van der Waals surface area (Å²) < 4.78 is 5.19. The molecule has 0 amide bonds. The molecule has 1 fully saturated rings. The van der Waals surface area contributed by atoms with E-state index in [4.69, 9.17) is 14.7 Å². The maximum absolute atomic E-state index is 9.71. The highest BCUT2D eigenvalue weighted by atomic mass is 16.8. The number of hydrogen-bond acceptors (Lipinski definition) is 7. The van der Waals surface area contributed by atoms with Crippen molar-refractivity contribution in [3.63, 3.8) is 0 Å². The number of aliphatic hydroxyl groups is 4. The van der Waals surface area contributed by atoms with E-state index in [-0.39, 0.29) is 0 Å². The predicted octanol–water partition coefficient (Wildman–Crippen LogP) is -0.722. The molecular formula is C13H27NO6. The second-order valence-electron chi connectivity index (χ2n) is 5.13. The minimum Gasteiger partial charge on any atom is -0.394 e. The van der Waals surface area contributed by atoms with Gasteiger partial charge in [-0.1, -0.05) is 32.6 Å². The lowest BCUT2D eigenvalue weighted by Gasteiger charge is -2.18. The van der Waals surface area contributed by atoms with Crippen molar-refractivity contribution in [3.05, 3.63) is 0 Å². The smallest absolute Gasteiger partial charge is 0.206 e. The molecule has 7 nitrogen and oxygen atoms in total. The third kappa shape index (κ3) is 5.25. The maximum Gasteiger partial charge on any atom is 0.206 e. The summed E-state index contributed by atoms with van der Waals surface area (Å²) in [6.45, 7) is 2.23. The molecule has 5 N–H and O–H groups in total. The highest BCUT2D eigenvalue weighted by Gasteiger charge is 2.46. The van der Waals surface area contributed by atoms with Gasteiger partial charge in [0, 0.05) is 6.54 Å². The molecule has 0 aromatic rings. The molecule has 0 saturated carbocycles. The Balaban J connectivity index is 2.17. The molecule has 1 aliphatic rings. The molecule has 120 valence electrons. The average molecular weight is 293 g/mol. The van der Waals surface area contributed by atoms with Crippen molar-refractivity contribution < 1.29 is 30.0 Å². The van der Waals surface area contributed by atoms with E-state index in [1.807, 2.05) is 0 Å². The van der Waals surface area contributed by atoms with Gasteiger partial charge in [-0.05, 0) is 6.42 Å². The van der Waals surface area contributed by atoms with Gasteiger partial charge in [0.25, 0.3) is 0 Å². The van der Waals surface area contributed by atoms with Crippen LogP contribution in [0.15, 0.2) is 0 Å². The Kier molecular flexibility index (Phi) is 8.55. The van der Waals surface area contributed by atoms with Crippen LogP contribution in [0, 0.1) is 0 Å². The number of unbranched alkanes of at least 4 members (excludes halogenated alkanes) is 4. The molecule has 0 radical (unpaired) electrons. The van der Waals surface area contributed by atoms with Gasteiger partial charge in [0.15, 0.2) is 0 Å². The summed E-state index contributed by atoms with van der Waals surface area (Å²) in [6.07, 6.45) is -0.232. The van der Waals surface area contributed by atoms with Crippen molar-refractivity contribution in [2.24, 2.45) is 0 Å². The predicted molar refractivity (Wildman–Crippen MR) is 71.6 cm³/mol. The molecule has 1 aliphatic heterocycles. The van der Waals surface area contributed by atoms with Crippen LogP contribution in [0.3, 0.4) is 0 Å². The van der Waals surface area contributed by atoms with E-state index < -0.39 is 37.3 Å². The van der Waals surface area contributed by atoms with Crippen LogP contribution >= 0.6 is 0 Å². The van der Waals surface area contributed by atoms with Crippen LogP contribution < -0.4 is 5.48 Å². The number of rotatable bonds is 10. The number of aliphatic hydroxyl groups excluding tert-OH is 4. The molecule has 7 heteroatoms. The zero-order chi connectivity index (χ0) is 15.0. The first-order valence-corrected chi connectivity index (χ1v) is 7.30. The first-order chi connectivity index (χ1) is 9.61. The first kappa shape index (κ1) is 17.8. The topological polar surface area (TPSA) is 111 Å². The fourth-order valence-electron chi connectivity index (χ4n) is 2.13. The van der Waals surface area contributed by atoms with Gasteiger partial charge in [-0.25, -0.2) is 0 Å². The number of ether oxygens (including phenoxy) is 1. The van der Waals surface area contributed by atoms with Crippen LogP contribution in [-0.2, 0) is 9.57 Å². The largest absolute Gasteiger partial charge is 0.394 e. The van der Waals surface area contributed by atoms with E-state index in [1.165, 1.54) is 19.3 Å². The molecule has 0 aromatic carbocycles. The van der Waals surface area contributed by atoms with Gasteiger partial charge in [0.1, 0.15) is 24.4 Å². The SMILES string of the molecule is CCCCCCCNO[C@H]1O[C@H]([C@@H](O)CO)[C@H](O)[C@@H]1O. The fourth-order valence-corrected chi connectivity index (χ4v) is 2.13. The van der Waals surface area contributed by atoms with Gasteiger partial charge in [-0.15, -0.1) is 0 Å². The lowest BCUT2D eigenvalue weighted by atomic mass is 10.1. The molecule has 0 aliphatic carbocycles.